The van der Waals surface area contributed by atoms with Gasteiger partial charge in [-0.05, 0) is 12.1 Å². The van der Waals surface area contributed by atoms with Crippen LogP contribution in [0.4, 0.5) is 13.2 Å². The molecule has 1 heterocycles. The van der Waals surface area contributed by atoms with Crippen LogP contribution >= 0.6 is 0 Å². The van der Waals surface area contributed by atoms with E-state index >= 15 is 0 Å². The van der Waals surface area contributed by atoms with Crippen molar-refractivity contribution in [3.63, 3.8) is 0 Å². The number of hydrogen-bond acceptors (Lipinski definition) is 2. The van der Waals surface area contributed by atoms with E-state index < -0.39 is 24.0 Å². The average molecular weight is 176 g/mol. The van der Waals surface area contributed by atoms with E-state index in [0.717, 1.165) is 6.07 Å². The fraction of sp³-hybridized carbons (Fsp3) is 0.286. The zero-order chi connectivity index (χ0) is 9.14. The molecular weight excluding hydrogens is 169 g/mol. The monoisotopic (exact) mass is 176 g/mol. The van der Waals surface area contributed by atoms with Crippen molar-refractivity contribution in [2.75, 3.05) is 0 Å². The number of pyridine rings is 1. The summed E-state index contributed by atoms with van der Waals surface area (Å²) in [6.07, 6.45) is -1.57. The van der Waals surface area contributed by atoms with E-state index in [1.54, 1.807) is 0 Å². The van der Waals surface area contributed by atoms with E-state index in [2.05, 4.69) is 4.98 Å². The van der Waals surface area contributed by atoms with Gasteiger partial charge in [0, 0.05) is 6.20 Å². The van der Waals surface area contributed by atoms with Gasteiger partial charge in [0.2, 0.25) is 0 Å². The Morgan fingerprint density at radius 1 is 1.42 bits per heavy atom. The lowest BCUT2D eigenvalue weighted by molar-refractivity contribution is 0.113. The average Bonchev–Trinajstić information content (AvgIpc) is 2.04. The fourth-order valence-corrected chi connectivity index (χ4v) is 0.763. The first-order chi connectivity index (χ1) is 5.63. The lowest BCUT2D eigenvalue weighted by Crippen LogP contribution is -2.21. The van der Waals surface area contributed by atoms with Crippen LogP contribution < -0.4 is 5.73 Å². The molecule has 0 aliphatic carbocycles. The topological polar surface area (TPSA) is 38.9 Å². The summed E-state index contributed by atoms with van der Waals surface area (Å²) in [5, 5.41) is 0. The van der Waals surface area contributed by atoms with Crippen molar-refractivity contribution in [2.24, 2.45) is 5.73 Å². The van der Waals surface area contributed by atoms with Gasteiger partial charge in [-0.25, -0.2) is 13.2 Å². The number of nitrogens with two attached hydrogens (primary N) is 1. The number of rotatable bonds is 2. The molecule has 0 radical (unpaired) electrons. The largest absolute Gasteiger partial charge is 0.318 e. The molecule has 0 saturated carbocycles. The minimum atomic E-state index is -2.80. The molecule has 0 amide bonds. The van der Waals surface area contributed by atoms with Crippen molar-refractivity contribution in [3.8, 4) is 0 Å². The molecule has 2 N–H and O–H groups in total. The van der Waals surface area contributed by atoms with Gasteiger partial charge in [-0.2, -0.15) is 0 Å². The van der Waals surface area contributed by atoms with E-state index in [-0.39, 0.29) is 0 Å². The number of alkyl halides is 2. The minimum absolute atomic E-state index is 0.396. The lowest BCUT2D eigenvalue weighted by Gasteiger charge is -2.09. The molecule has 1 atom stereocenters. The van der Waals surface area contributed by atoms with E-state index in [1.165, 1.54) is 12.3 Å². The highest BCUT2D eigenvalue weighted by Gasteiger charge is 2.21. The standard InChI is InChI=1S/C7H7F3N2/c8-4-2-1-3-12-6(4)5(11)7(9)10/h1-3,5,7H,11H2. The highest BCUT2D eigenvalue weighted by atomic mass is 19.3. The fourth-order valence-electron chi connectivity index (χ4n) is 0.763. The molecule has 0 aromatic carbocycles. The molecule has 0 bridgehead atoms. The maximum Gasteiger partial charge on any atom is 0.259 e. The van der Waals surface area contributed by atoms with E-state index in [0.29, 0.717) is 0 Å². The smallest absolute Gasteiger partial charge is 0.259 e. The van der Waals surface area contributed by atoms with Crippen LogP contribution in [-0.2, 0) is 0 Å². The van der Waals surface area contributed by atoms with Crippen LogP contribution in [0, 0.1) is 5.82 Å². The highest BCUT2D eigenvalue weighted by molar-refractivity contribution is 5.11. The van der Waals surface area contributed by atoms with Crippen molar-refractivity contribution in [1.29, 1.82) is 0 Å². The van der Waals surface area contributed by atoms with Gasteiger partial charge in [-0.1, -0.05) is 0 Å². The van der Waals surface area contributed by atoms with Crippen LogP contribution in [0.1, 0.15) is 11.7 Å². The Morgan fingerprint density at radius 2 is 2.08 bits per heavy atom. The summed E-state index contributed by atoms with van der Waals surface area (Å²) < 4.78 is 36.6. The first kappa shape index (κ1) is 8.99. The first-order valence-electron chi connectivity index (χ1n) is 3.27. The Kier molecular flexibility index (Phi) is 2.65. The summed E-state index contributed by atoms with van der Waals surface area (Å²) in [6.45, 7) is 0. The summed E-state index contributed by atoms with van der Waals surface area (Å²) in [4.78, 5) is 3.42. The summed E-state index contributed by atoms with van der Waals surface area (Å²) in [5.74, 6) is -0.801. The van der Waals surface area contributed by atoms with Crippen molar-refractivity contribution < 1.29 is 13.2 Å². The van der Waals surface area contributed by atoms with Crippen molar-refractivity contribution in [1.82, 2.24) is 4.98 Å². The van der Waals surface area contributed by atoms with Crippen molar-refractivity contribution in [3.05, 3.63) is 29.8 Å². The predicted octanol–water partition coefficient (Wildman–Crippen LogP) is 1.49. The van der Waals surface area contributed by atoms with Crippen molar-refractivity contribution >= 4 is 0 Å². The number of halogens is 3. The lowest BCUT2D eigenvalue weighted by atomic mass is 10.2. The van der Waals surface area contributed by atoms with Crippen LogP contribution in [0.2, 0.25) is 0 Å². The summed E-state index contributed by atoms with van der Waals surface area (Å²) in [6, 6.07) is 0.716. The summed E-state index contributed by atoms with van der Waals surface area (Å²) in [7, 11) is 0. The van der Waals surface area contributed by atoms with Crippen LogP contribution in [-0.4, -0.2) is 11.4 Å². The van der Waals surface area contributed by atoms with Crippen LogP contribution in [0.3, 0.4) is 0 Å². The molecule has 1 aromatic rings. The molecule has 0 aliphatic rings. The van der Waals surface area contributed by atoms with Crippen LogP contribution in [0.25, 0.3) is 0 Å². The third-order valence-electron chi connectivity index (χ3n) is 1.37. The van der Waals surface area contributed by atoms with Gasteiger partial charge in [0.15, 0.2) is 0 Å². The van der Waals surface area contributed by atoms with Gasteiger partial charge in [0.1, 0.15) is 11.9 Å². The normalized spacial score (nSPS) is 13.4. The second kappa shape index (κ2) is 3.53. The van der Waals surface area contributed by atoms with Gasteiger partial charge in [-0.15, -0.1) is 0 Å². The molecule has 12 heavy (non-hydrogen) atoms. The molecule has 66 valence electrons. The van der Waals surface area contributed by atoms with Crippen molar-refractivity contribution in [2.45, 2.75) is 12.5 Å². The predicted molar refractivity (Wildman–Crippen MR) is 37.1 cm³/mol. The SMILES string of the molecule is NC(c1ncccc1F)C(F)F. The maximum atomic E-state index is 12.7. The van der Waals surface area contributed by atoms with Crippen LogP contribution in [0.15, 0.2) is 18.3 Å². The number of nitrogens with zero attached hydrogens (tertiary/aromatic N) is 1. The summed E-state index contributed by atoms with van der Waals surface area (Å²) in [5.41, 5.74) is 4.59. The van der Waals surface area contributed by atoms with Gasteiger partial charge >= 0.3 is 0 Å². The Balaban J connectivity index is 2.94. The molecule has 1 rings (SSSR count). The zero-order valence-corrected chi connectivity index (χ0v) is 6.05. The molecule has 2 nitrogen and oxygen atoms in total. The van der Waals surface area contributed by atoms with Gasteiger partial charge < -0.3 is 5.73 Å². The van der Waals surface area contributed by atoms with Crippen LogP contribution in [0.5, 0.6) is 0 Å². The molecule has 0 spiro atoms. The molecule has 1 unspecified atom stereocenters. The quantitative estimate of drug-likeness (QED) is 0.741. The highest BCUT2D eigenvalue weighted by Crippen LogP contribution is 2.17. The van der Waals surface area contributed by atoms with Gasteiger partial charge in [0.25, 0.3) is 6.43 Å². The summed E-state index contributed by atoms with van der Waals surface area (Å²) >= 11 is 0. The number of aromatic nitrogens is 1. The molecule has 1 aromatic heterocycles. The van der Waals surface area contributed by atoms with E-state index in [9.17, 15) is 13.2 Å². The second-order valence-electron chi connectivity index (χ2n) is 2.23. The third-order valence-corrected chi connectivity index (χ3v) is 1.37. The Labute approximate surface area is 67.2 Å². The van der Waals surface area contributed by atoms with E-state index in [1.807, 2.05) is 0 Å². The van der Waals surface area contributed by atoms with Gasteiger partial charge in [-0.3, -0.25) is 4.98 Å². The van der Waals surface area contributed by atoms with Gasteiger partial charge in [0.05, 0.1) is 5.69 Å². The third kappa shape index (κ3) is 1.73. The Bertz CT molecular complexity index is 265. The Hall–Kier alpha value is -1.10. The maximum absolute atomic E-state index is 12.7. The molecule has 0 aliphatic heterocycles. The number of hydrogen-bond donors (Lipinski definition) is 1. The molecule has 5 heteroatoms. The first-order valence-corrected chi connectivity index (χ1v) is 3.27. The molecular formula is C7H7F3N2. The zero-order valence-electron chi connectivity index (χ0n) is 6.05. The molecule has 0 fully saturated rings. The Morgan fingerprint density at radius 3 is 2.58 bits per heavy atom. The molecule has 0 saturated heterocycles. The second-order valence-corrected chi connectivity index (χ2v) is 2.23. The minimum Gasteiger partial charge on any atom is -0.318 e. The van der Waals surface area contributed by atoms with E-state index in [4.69, 9.17) is 5.73 Å².